The number of aromatic nitrogens is 2. The first-order valence-electron chi connectivity index (χ1n) is 8.36. The molecule has 1 N–H and O–H groups in total. The predicted octanol–water partition coefficient (Wildman–Crippen LogP) is 4.72. The second-order valence-electron chi connectivity index (χ2n) is 6.20. The van der Waals surface area contributed by atoms with Crippen LogP contribution in [0.25, 0.3) is 5.69 Å². The van der Waals surface area contributed by atoms with Crippen molar-refractivity contribution in [1.82, 2.24) is 9.78 Å². The van der Waals surface area contributed by atoms with E-state index in [4.69, 9.17) is 4.74 Å². The molecule has 1 aromatic heterocycles. The number of nitrogens with zero attached hydrogens (tertiary/aromatic N) is 2. The number of carbonyl (C=O) groups is 1. The number of ether oxygens (including phenoxy) is 1. The highest BCUT2D eigenvalue weighted by atomic mass is 79.9. The van der Waals surface area contributed by atoms with Crippen LogP contribution in [-0.2, 0) is 4.79 Å². The number of hydrogen-bond donors (Lipinski definition) is 1. The Morgan fingerprint density at radius 1 is 1.19 bits per heavy atom. The molecule has 0 fully saturated rings. The molecule has 0 unspecified atom stereocenters. The molecule has 3 aromatic rings. The molecule has 0 aliphatic carbocycles. The number of nitrogens with one attached hydrogen (secondary N) is 1. The summed E-state index contributed by atoms with van der Waals surface area (Å²) in [6, 6.07) is 12.0. The van der Waals surface area contributed by atoms with Crippen molar-refractivity contribution in [2.45, 2.75) is 20.8 Å². The van der Waals surface area contributed by atoms with Gasteiger partial charge in [0.15, 0.2) is 6.61 Å². The first-order valence-corrected chi connectivity index (χ1v) is 9.15. The average molecular weight is 432 g/mol. The van der Waals surface area contributed by atoms with Crippen LogP contribution in [0.1, 0.15) is 17.0 Å². The highest BCUT2D eigenvalue weighted by molar-refractivity contribution is 9.10. The quantitative estimate of drug-likeness (QED) is 0.635. The third-order valence-electron chi connectivity index (χ3n) is 4.09. The van der Waals surface area contributed by atoms with Crippen molar-refractivity contribution in [3.8, 4) is 11.4 Å². The number of benzene rings is 2. The number of amides is 1. The van der Waals surface area contributed by atoms with Gasteiger partial charge in [-0.3, -0.25) is 4.79 Å². The zero-order valence-corrected chi connectivity index (χ0v) is 16.8. The summed E-state index contributed by atoms with van der Waals surface area (Å²) in [4.78, 5) is 12.3. The highest BCUT2D eigenvalue weighted by Gasteiger charge is 2.16. The standard InChI is InChI=1S/C20H19BrFN3O2/c1-12-4-7-16(8-5-12)25-14(3)20(13(2)24-25)23-19(26)11-27-18-9-6-15(22)10-17(18)21/h4-10H,11H2,1-3H3,(H,23,26). The van der Waals surface area contributed by atoms with Crippen LogP contribution < -0.4 is 10.1 Å². The lowest BCUT2D eigenvalue weighted by atomic mass is 10.2. The summed E-state index contributed by atoms with van der Waals surface area (Å²) in [5.41, 5.74) is 4.28. The third kappa shape index (κ3) is 4.36. The lowest BCUT2D eigenvalue weighted by molar-refractivity contribution is -0.118. The van der Waals surface area contributed by atoms with Gasteiger partial charge in [-0.25, -0.2) is 9.07 Å². The van der Waals surface area contributed by atoms with Gasteiger partial charge in [0, 0.05) is 0 Å². The molecule has 140 valence electrons. The maximum Gasteiger partial charge on any atom is 0.262 e. The lowest BCUT2D eigenvalue weighted by Crippen LogP contribution is -2.21. The minimum Gasteiger partial charge on any atom is -0.483 e. The Morgan fingerprint density at radius 2 is 1.89 bits per heavy atom. The van der Waals surface area contributed by atoms with Crippen molar-refractivity contribution in [3.63, 3.8) is 0 Å². The molecule has 0 aliphatic rings. The van der Waals surface area contributed by atoms with E-state index < -0.39 is 0 Å². The van der Waals surface area contributed by atoms with Crippen LogP contribution in [0.15, 0.2) is 46.9 Å². The van der Waals surface area contributed by atoms with Gasteiger partial charge >= 0.3 is 0 Å². The van der Waals surface area contributed by atoms with Crippen LogP contribution in [0.2, 0.25) is 0 Å². The summed E-state index contributed by atoms with van der Waals surface area (Å²) in [5.74, 6) is -0.301. The largest absolute Gasteiger partial charge is 0.483 e. The maximum absolute atomic E-state index is 13.1. The van der Waals surface area contributed by atoms with Crippen molar-refractivity contribution in [1.29, 1.82) is 0 Å². The Balaban J connectivity index is 1.71. The molecule has 1 heterocycles. The van der Waals surface area contributed by atoms with E-state index >= 15 is 0 Å². The minimum absolute atomic E-state index is 0.196. The molecule has 2 aromatic carbocycles. The molecule has 0 bridgehead atoms. The smallest absolute Gasteiger partial charge is 0.262 e. The Morgan fingerprint density at radius 3 is 2.56 bits per heavy atom. The summed E-state index contributed by atoms with van der Waals surface area (Å²) in [5, 5.41) is 7.36. The van der Waals surface area contributed by atoms with E-state index in [1.54, 1.807) is 4.68 Å². The number of hydrogen-bond acceptors (Lipinski definition) is 3. The van der Waals surface area contributed by atoms with Crippen molar-refractivity contribution in [2.75, 3.05) is 11.9 Å². The second kappa shape index (κ2) is 7.92. The number of carbonyl (C=O) groups excluding carboxylic acids is 1. The fourth-order valence-corrected chi connectivity index (χ4v) is 3.14. The Labute approximate surface area is 165 Å². The molecule has 0 saturated heterocycles. The normalized spacial score (nSPS) is 10.7. The zero-order chi connectivity index (χ0) is 19.6. The van der Waals surface area contributed by atoms with Crippen molar-refractivity contribution in [2.24, 2.45) is 0 Å². The van der Waals surface area contributed by atoms with E-state index in [-0.39, 0.29) is 18.3 Å². The van der Waals surface area contributed by atoms with E-state index in [2.05, 4.69) is 26.3 Å². The third-order valence-corrected chi connectivity index (χ3v) is 4.71. The van der Waals surface area contributed by atoms with Crippen LogP contribution in [0.3, 0.4) is 0 Å². The van der Waals surface area contributed by atoms with Crippen molar-refractivity contribution < 1.29 is 13.9 Å². The molecular formula is C20H19BrFN3O2. The van der Waals surface area contributed by atoms with E-state index in [0.717, 1.165) is 16.9 Å². The average Bonchev–Trinajstić information content (AvgIpc) is 2.90. The maximum atomic E-state index is 13.1. The fourth-order valence-electron chi connectivity index (χ4n) is 2.67. The van der Waals surface area contributed by atoms with Gasteiger partial charge in [-0.15, -0.1) is 0 Å². The molecule has 3 rings (SSSR count). The monoisotopic (exact) mass is 431 g/mol. The molecule has 0 spiro atoms. The van der Waals surface area contributed by atoms with Crippen LogP contribution in [0.5, 0.6) is 5.75 Å². The molecule has 7 heteroatoms. The molecule has 0 saturated carbocycles. The van der Waals surface area contributed by atoms with E-state index in [1.807, 2.05) is 45.0 Å². The predicted molar refractivity (Wildman–Crippen MR) is 106 cm³/mol. The summed E-state index contributed by atoms with van der Waals surface area (Å²) < 4.78 is 20.8. The highest BCUT2D eigenvalue weighted by Crippen LogP contribution is 2.26. The van der Waals surface area contributed by atoms with Crippen molar-refractivity contribution in [3.05, 3.63) is 69.7 Å². The SMILES string of the molecule is Cc1ccc(-n2nc(C)c(NC(=O)COc3ccc(F)cc3Br)c2C)cc1. The topological polar surface area (TPSA) is 56.2 Å². The molecule has 0 aliphatic heterocycles. The second-order valence-corrected chi connectivity index (χ2v) is 7.06. The lowest BCUT2D eigenvalue weighted by Gasteiger charge is -2.10. The number of aryl methyl sites for hydroxylation is 2. The van der Waals surface area contributed by atoms with Gasteiger partial charge in [0.25, 0.3) is 5.91 Å². The summed E-state index contributed by atoms with van der Waals surface area (Å²) in [6.07, 6.45) is 0. The van der Waals surface area contributed by atoms with Gasteiger partial charge in [0.1, 0.15) is 11.6 Å². The van der Waals surface area contributed by atoms with E-state index in [1.165, 1.54) is 18.2 Å². The van der Waals surface area contributed by atoms with Crippen LogP contribution in [-0.4, -0.2) is 22.3 Å². The summed E-state index contributed by atoms with van der Waals surface area (Å²) in [6.45, 7) is 5.56. The first kappa shape index (κ1) is 19.1. The zero-order valence-electron chi connectivity index (χ0n) is 15.2. The number of anilines is 1. The first-order chi connectivity index (χ1) is 12.8. The molecule has 0 atom stereocenters. The van der Waals surface area contributed by atoms with Gasteiger partial charge in [0.2, 0.25) is 0 Å². The Hall–Kier alpha value is -2.67. The number of rotatable bonds is 5. The van der Waals surface area contributed by atoms with E-state index in [9.17, 15) is 9.18 Å². The van der Waals surface area contributed by atoms with Crippen LogP contribution in [0.4, 0.5) is 10.1 Å². The summed E-state index contributed by atoms with van der Waals surface area (Å²) >= 11 is 3.21. The van der Waals surface area contributed by atoms with Gasteiger partial charge in [-0.2, -0.15) is 5.10 Å². The van der Waals surface area contributed by atoms with Crippen molar-refractivity contribution >= 4 is 27.5 Å². The van der Waals surface area contributed by atoms with Gasteiger partial charge in [-0.1, -0.05) is 17.7 Å². The molecule has 1 amide bonds. The van der Waals surface area contributed by atoms with Gasteiger partial charge in [-0.05, 0) is 67.0 Å². The molecule has 27 heavy (non-hydrogen) atoms. The van der Waals surface area contributed by atoms with Gasteiger partial charge in [0.05, 0.1) is 27.2 Å². The summed E-state index contributed by atoms with van der Waals surface area (Å²) in [7, 11) is 0. The molecular weight excluding hydrogens is 413 g/mol. The van der Waals surface area contributed by atoms with Crippen LogP contribution in [0, 0.1) is 26.6 Å². The number of halogens is 2. The Bertz CT molecular complexity index is 984. The fraction of sp³-hybridized carbons (Fsp3) is 0.200. The minimum atomic E-state index is -0.381. The van der Waals surface area contributed by atoms with E-state index in [0.29, 0.717) is 21.6 Å². The molecule has 5 nitrogen and oxygen atoms in total. The van der Waals surface area contributed by atoms with Gasteiger partial charge < -0.3 is 10.1 Å². The van der Waals surface area contributed by atoms with Crippen LogP contribution >= 0.6 is 15.9 Å². The Kier molecular flexibility index (Phi) is 5.60. The molecule has 0 radical (unpaired) electrons.